The minimum absolute atomic E-state index is 0.175. The number of nitrogens with zero attached hydrogens (tertiary/aromatic N) is 2. The molecule has 3 rings (SSSR count). The lowest BCUT2D eigenvalue weighted by Crippen LogP contribution is -2.33. The van der Waals surface area contributed by atoms with Crippen molar-refractivity contribution in [1.29, 1.82) is 0 Å². The topological polar surface area (TPSA) is 147 Å². The average Bonchev–Trinajstić information content (AvgIpc) is 2.93. The van der Waals surface area contributed by atoms with Crippen LogP contribution in [-0.4, -0.2) is 55.0 Å². The smallest absolute Gasteiger partial charge is 0.260 e. The molecule has 20 heavy (non-hydrogen) atoms. The summed E-state index contributed by atoms with van der Waals surface area (Å²) in [5, 5.41) is 33.0. The van der Waals surface area contributed by atoms with Crippen LogP contribution in [0.25, 0.3) is 10.9 Å². The standard InChI is InChI=1S/C11H14N4O5/c12-7-1-5-4(10(19)13-7)2-15(14-5)11-9(18)8(17)6(3-16)20-11/h1-2,6,8-9,11,16-18H,3,12H2,(H,13,19)/t6-,8-,9-,11-/m1/s1. The summed E-state index contributed by atoms with van der Waals surface area (Å²) < 4.78 is 6.57. The van der Waals surface area contributed by atoms with E-state index in [-0.39, 0.29) is 11.2 Å². The van der Waals surface area contributed by atoms with Gasteiger partial charge < -0.3 is 30.8 Å². The van der Waals surface area contributed by atoms with Gasteiger partial charge in [0.2, 0.25) is 0 Å². The first-order valence-electron chi connectivity index (χ1n) is 6.01. The molecular formula is C11H14N4O5. The van der Waals surface area contributed by atoms with Crippen molar-refractivity contribution in [2.75, 3.05) is 12.3 Å². The second-order valence-corrected chi connectivity index (χ2v) is 4.69. The number of ether oxygens (including phenoxy) is 1. The van der Waals surface area contributed by atoms with E-state index in [1.165, 1.54) is 16.9 Å². The molecular weight excluding hydrogens is 268 g/mol. The summed E-state index contributed by atoms with van der Waals surface area (Å²) in [7, 11) is 0. The minimum atomic E-state index is -1.25. The molecule has 0 spiro atoms. The van der Waals surface area contributed by atoms with Gasteiger partial charge in [-0.2, -0.15) is 5.10 Å². The Labute approximate surface area is 112 Å². The van der Waals surface area contributed by atoms with Gasteiger partial charge in [0.15, 0.2) is 6.23 Å². The van der Waals surface area contributed by atoms with Crippen LogP contribution >= 0.6 is 0 Å². The zero-order valence-corrected chi connectivity index (χ0v) is 10.3. The minimum Gasteiger partial charge on any atom is -0.394 e. The van der Waals surface area contributed by atoms with Crippen LogP contribution in [0, 0.1) is 0 Å². The van der Waals surface area contributed by atoms with Crippen molar-refractivity contribution in [2.24, 2.45) is 0 Å². The zero-order valence-electron chi connectivity index (χ0n) is 10.3. The third kappa shape index (κ3) is 1.88. The highest BCUT2D eigenvalue weighted by Crippen LogP contribution is 2.29. The summed E-state index contributed by atoms with van der Waals surface area (Å²) in [6, 6.07) is 1.48. The number of aliphatic hydroxyl groups excluding tert-OH is 3. The quantitative estimate of drug-likeness (QED) is 0.424. The summed E-state index contributed by atoms with van der Waals surface area (Å²) >= 11 is 0. The van der Waals surface area contributed by atoms with Gasteiger partial charge in [-0.05, 0) is 0 Å². The fraction of sp³-hybridized carbons (Fsp3) is 0.455. The molecule has 2 aromatic rings. The van der Waals surface area contributed by atoms with E-state index >= 15 is 0 Å². The molecule has 3 heterocycles. The number of H-pyrrole nitrogens is 1. The Balaban J connectivity index is 2.03. The molecule has 0 saturated carbocycles. The van der Waals surface area contributed by atoms with Gasteiger partial charge >= 0.3 is 0 Å². The number of anilines is 1. The highest BCUT2D eigenvalue weighted by atomic mass is 16.6. The summed E-state index contributed by atoms with van der Waals surface area (Å²) in [4.78, 5) is 14.1. The lowest BCUT2D eigenvalue weighted by molar-refractivity contribution is -0.0583. The Morgan fingerprint density at radius 3 is 2.85 bits per heavy atom. The molecule has 0 bridgehead atoms. The molecule has 0 amide bonds. The van der Waals surface area contributed by atoms with Crippen LogP contribution in [0.15, 0.2) is 17.1 Å². The fourth-order valence-electron chi connectivity index (χ4n) is 2.30. The average molecular weight is 282 g/mol. The van der Waals surface area contributed by atoms with Gasteiger partial charge in [0, 0.05) is 12.3 Å². The van der Waals surface area contributed by atoms with Crippen molar-refractivity contribution in [3.63, 3.8) is 0 Å². The number of hydrogen-bond donors (Lipinski definition) is 5. The Hall–Kier alpha value is -1.94. The number of aromatic amines is 1. The number of hydrogen-bond acceptors (Lipinski definition) is 7. The van der Waals surface area contributed by atoms with Crippen molar-refractivity contribution >= 4 is 16.7 Å². The Morgan fingerprint density at radius 1 is 1.45 bits per heavy atom. The third-order valence-corrected chi connectivity index (χ3v) is 3.33. The fourth-order valence-corrected chi connectivity index (χ4v) is 2.30. The molecule has 108 valence electrons. The van der Waals surface area contributed by atoms with Crippen molar-refractivity contribution in [1.82, 2.24) is 14.8 Å². The lowest BCUT2D eigenvalue weighted by Gasteiger charge is -2.14. The van der Waals surface area contributed by atoms with Crippen LogP contribution in [-0.2, 0) is 4.74 Å². The van der Waals surface area contributed by atoms with E-state index in [1.807, 2.05) is 0 Å². The van der Waals surface area contributed by atoms with E-state index in [1.54, 1.807) is 0 Å². The van der Waals surface area contributed by atoms with E-state index < -0.39 is 36.7 Å². The SMILES string of the molecule is Nc1cc2nn([C@@H]3O[C@H](CO)[C@@H](O)[C@H]3O)cc2c(=O)[nH]1. The van der Waals surface area contributed by atoms with Crippen LogP contribution in [0.2, 0.25) is 0 Å². The number of rotatable bonds is 2. The molecule has 1 fully saturated rings. The van der Waals surface area contributed by atoms with E-state index in [0.29, 0.717) is 5.52 Å². The van der Waals surface area contributed by atoms with E-state index in [0.717, 1.165) is 0 Å². The molecule has 9 heteroatoms. The Morgan fingerprint density at radius 2 is 2.20 bits per heavy atom. The maximum absolute atomic E-state index is 11.7. The van der Waals surface area contributed by atoms with Gasteiger partial charge in [-0.25, -0.2) is 4.68 Å². The molecule has 1 saturated heterocycles. The summed E-state index contributed by atoms with van der Waals surface area (Å²) in [5.41, 5.74) is 5.47. The second kappa shape index (κ2) is 4.56. The molecule has 6 N–H and O–H groups in total. The molecule has 9 nitrogen and oxygen atoms in total. The first-order valence-corrected chi connectivity index (χ1v) is 6.01. The molecule has 4 atom stereocenters. The largest absolute Gasteiger partial charge is 0.394 e. The molecule has 1 aliphatic heterocycles. The predicted octanol–water partition coefficient (Wildman–Crippen LogP) is -2.08. The van der Waals surface area contributed by atoms with Crippen molar-refractivity contribution in [3.8, 4) is 0 Å². The van der Waals surface area contributed by atoms with E-state index in [2.05, 4.69) is 10.1 Å². The van der Waals surface area contributed by atoms with Gasteiger partial charge in [-0.1, -0.05) is 0 Å². The van der Waals surface area contributed by atoms with Gasteiger partial charge in [-0.3, -0.25) is 4.79 Å². The number of nitrogen functional groups attached to an aromatic ring is 1. The van der Waals surface area contributed by atoms with Gasteiger partial charge in [-0.15, -0.1) is 0 Å². The van der Waals surface area contributed by atoms with E-state index in [9.17, 15) is 15.0 Å². The first kappa shape index (κ1) is 13.1. The summed E-state index contributed by atoms with van der Waals surface area (Å²) in [5.74, 6) is 0.175. The molecule has 0 unspecified atom stereocenters. The van der Waals surface area contributed by atoms with Gasteiger partial charge in [0.05, 0.1) is 12.0 Å². The molecule has 0 radical (unpaired) electrons. The number of fused-ring (bicyclic) bond motifs is 1. The number of nitrogens with two attached hydrogens (primary N) is 1. The maximum atomic E-state index is 11.7. The van der Waals surface area contributed by atoms with E-state index in [4.69, 9.17) is 15.6 Å². The predicted molar refractivity (Wildman–Crippen MR) is 67.8 cm³/mol. The van der Waals surface area contributed by atoms with Crippen LogP contribution < -0.4 is 11.3 Å². The van der Waals surface area contributed by atoms with Crippen LogP contribution in [0.5, 0.6) is 0 Å². The summed E-state index contributed by atoms with van der Waals surface area (Å²) in [6.07, 6.45) is -2.95. The Kier molecular flexibility index (Phi) is 2.98. The highest BCUT2D eigenvalue weighted by molar-refractivity contribution is 5.79. The number of pyridine rings is 1. The van der Waals surface area contributed by atoms with Crippen molar-refractivity contribution in [2.45, 2.75) is 24.5 Å². The first-order chi connectivity index (χ1) is 9.51. The highest BCUT2D eigenvalue weighted by Gasteiger charge is 2.43. The number of aromatic nitrogens is 3. The molecule has 1 aliphatic rings. The third-order valence-electron chi connectivity index (χ3n) is 3.33. The summed E-state index contributed by atoms with van der Waals surface area (Å²) in [6.45, 7) is -0.428. The molecule has 0 aromatic carbocycles. The maximum Gasteiger partial charge on any atom is 0.260 e. The van der Waals surface area contributed by atoms with Gasteiger partial charge in [0.1, 0.15) is 29.6 Å². The van der Waals surface area contributed by atoms with Crippen molar-refractivity contribution in [3.05, 3.63) is 22.6 Å². The van der Waals surface area contributed by atoms with Crippen molar-refractivity contribution < 1.29 is 20.1 Å². The Bertz CT molecular complexity index is 696. The second-order valence-electron chi connectivity index (χ2n) is 4.69. The number of aliphatic hydroxyl groups is 3. The van der Waals surface area contributed by atoms with Crippen LogP contribution in [0.1, 0.15) is 6.23 Å². The van der Waals surface area contributed by atoms with Crippen LogP contribution in [0.4, 0.5) is 5.82 Å². The molecule has 0 aliphatic carbocycles. The number of nitrogens with one attached hydrogen (secondary N) is 1. The lowest BCUT2D eigenvalue weighted by atomic mass is 10.1. The van der Waals surface area contributed by atoms with Crippen LogP contribution in [0.3, 0.4) is 0 Å². The normalized spacial score (nSPS) is 30.1. The zero-order chi connectivity index (χ0) is 14.4. The van der Waals surface area contributed by atoms with Gasteiger partial charge in [0.25, 0.3) is 5.56 Å². The molecule has 2 aromatic heterocycles. The monoisotopic (exact) mass is 282 g/mol.